The van der Waals surface area contributed by atoms with Crippen molar-refractivity contribution < 1.29 is 9.90 Å². The molecule has 0 saturated heterocycles. The van der Waals surface area contributed by atoms with Gasteiger partial charge in [-0.2, -0.15) is 0 Å². The van der Waals surface area contributed by atoms with Gasteiger partial charge in [-0.1, -0.05) is 78.9 Å². The van der Waals surface area contributed by atoms with Crippen LogP contribution >= 0.6 is 0 Å². The van der Waals surface area contributed by atoms with Crippen LogP contribution in [0.2, 0.25) is 0 Å². The number of hydrogen-bond acceptors (Lipinski definition) is 2. The second-order valence-electron chi connectivity index (χ2n) is 6.44. The lowest BCUT2D eigenvalue weighted by Gasteiger charge is -2.20. The van der Waals surface area contributed by atoms with Crippen molar-refractivity contribution in [2.24, 2.45) is 0 Å². The molecule has 0 fully saturated rings. The summed E-state index contributed by atoms with van der Waals surface area (Å²) >= 11 is 0. The fourth-order valence-electron chi connectivity index (χ4n) is 3.11. The number of amides is 1. The summed E-state index contributed by atoms with van der Waals surface area (Å²) in [6.07, 6.45) is 0.286. The number of para-hydroxylation sites is 1. The van der Waals surface area contributed by atoms with Crippen LogP contribution in [0.3, 0.4) is 0 Å². The van der Waals surface area contributed by atoms with Crippen molar-refractivity contribution in [3.63, 3.8) is 0 Å². The molecule has 1 atom stereocenters. The molecular formula is C23H23NO2. The molecule has 0 spiro atoms. The molecule has 0 aliphatic rings. The van der Waals surface area contributed by atoms with E-state index < -0.39 is 0 Å². The van der Waals surface area contributed by atoms with E-state index in [0.29, 0.717) is 6.54 Å². The number of rotatable bonds is 6. The van der Waals surface area contributed by atoms with Gasteiger partial charge in [0.05, 0.1) is 0 Å². The maximum absolute atomic E-state index is 12.6. The number of aromatic hydroxyl groups is 1. The van der Waals surface area contributed by atoms with Crippen LogP contribution in [0.15, 0.2) is 78.9 Å². The fourth-order valence-corrected chi connectivity index (χ4v) is 3.11. The van der Waals surface area contributed by atoms with Crippen molar-refractivity contribution in [2.45, 2.75) is 25.8 Å². The Kier molecular flexibility index (Phi) is 5.69. The van der Waals surface area contributed by atoms with E-state index in [0.717, 1.165) is 22.3 Å². The third kappa shape index (κ3) is 4.31. The summed E-state index contributed by atoms with van der Waals surface area (Å²) in [6.45, 7) is 2.37. The monoisotopic (exact) mass is 345 g/mol. The van der Waals surface area contributed by atoms with E-state index in [9.17, 15) is 9.90 Å². The molecule has 0 aromatic heterocycles. The third-order valence-corrected chi connectivity index (χ3v) is 4.57. The minimum atomic E-state index is -0.188. The number of hydrogen-bond donors (Lipinski definition) is 2. The summed E-state index contributed by atoms with van der Waals surface area (Å²) in [5.74, 6) is 0.0349. The van der Waals surface area contributed by atoms with Gasteiger partial charge in [0.15, 0.2) is 0 Å². The summed E-state index contributed by atoms with van der Waals surface area (Å²) in [5, 5.41) is 13.5. The Labute approximate surface area is 154 Å². The van der Waals surface area contributed by atoms with Crippen LogP contribution in [0.25, 0.3) is 0 Å². The van der Waals surface area contributed by atoms with Gasteiger partial charge in [0.2, 0.25) is 5.91 Å². The molecule has 0 bridgehead atoms. The van der Waals surface area contributed by atoms with Crippen LogP contribution in [-0.2, 0) is 11.3 Å². The molecule has 3 aromatic rings. The first-order valence-electron chi connectivity index (χ1n) is 8.79. The molecule has 26 heavy (non-hydrogen) atoms. The smallest absolute Gasteiger partial charge is 0.221 e. The molecular weight excluding hydrogens is 322 g/mol. The predicted octanol–water partition coefficient (Wildman–Crippen LogP) is 4.54. The topological polar surface area (TPSA) is 49.3 Å². The normalized spacial score (nSPS) is 11.7. The van der Waals surface area contributed by atoms with E-state index in [-0.39, 0.29) is 24.0 Å². The lowest BCUT2D eigenvalue weighted by Crippen LogP contribution is -2.25. The van der Waals surface area contributed by atoms with Crippen molar-refractivity contribution in [1.82, 2.24) is 5.32 Å². The standard InChI is InChI=1S/C23H23NO2/c1-17-9-8-14-20(23(17)26)21(19-12-6-3-7-13-19)15-22(25)24-16-18-10-4-2-5-11-18/h2-14,21,26H,15-16H2,1H3,(H,24,25)/t21-/m0/s1. The molecule has 1 amide bonds. The van der Waals surface area contributed by atoms with Crippen LogP contribution < -0.4 is 5.32 Å². The second kappa shape index (κ2) is 8.34. The van der Waals surface area contributed by atoms with Crippen molar-refractivity contribution in [1.29, 1.82) is 0 Å². The van der Waals surface area contributed by atoms with Gasteiger partial charge in [0.1, 0.15) is 5.75 Å². The van der Waals surface area contributed by atoms with Gasteiger partial charge in [0, 0.05) is 24.4 Å². The number of nitrogens with one attached hydrogen (secondary N) is 1. The summed E-state index contributed by atoms with van der Waals surface area (Å²) in [6, 6.07) is 25.4. The average Bonchev–Trinajstić information content (AvgIpc) is 2.68. The number of aryl methyl sites for hydroxylation is 1. The highest BCUT2D eigenvalue weighted by Gasteiger charge is 2.21. The fraction of sp³-hybridized carbons (Fsp3) is 0.174. The van der Waals surface area contributed by atoms with Crippen molar-refractivity contribution in [2.75, 3.05) is 0 Å². The largest absolute Gasteiger partial charge is 0.507 e. The Morgan fingerprint density at radius 2 is 1.58 bits per heavy atom. The second-order valence-corrected chi connectivity index (χ2v) is 6.44. The highest BCUT2D eigenvalue weighted by atomic mass is 16.3. The van der Waals surface area contributed by atoms with E-state index in [2.05, 4.69) is 5.32 Å². The van der Waals surface area contributed by atoms with Crippen molar-refractivity contribution in [3.05, 3.63) is 101 Å². The zero-order valence-corrected chi connectivity index (χ0v) is 14.9. The number of benzene rings is 3. The van der Waals surface area contributed by atoms with Crippen molar-refractivity contribution >= 4 is 5.91 Å². The molecule has 0 aliphatic heterocycles. The highest BCUT2D eigenvalue weighted by molar-refractivity contribution is 5.77. The van der Waals surface area contributed by atoms with Gasteiger partial charge in [-0.25, -0.2) is 0 Å². The first-order chi connectivity index (χ1) is 12.6. The van der Waals surface area contributed by atoms with Gasteiger partial charge in [0.25, 0.3) is 0 Å². The maximum Gasteiger partial charge on any atom is 0.221 e. The number of phenolic OH excluding ortho intramolecular Hbond substituents is 1. The average molecular weight is 345 g/mol. The van der Waals surface area contributed by atoms with Crippen LogP contribution in [-0.4, -0.2) is 11.0 Å². The van der Waals surface area contributed by atoms with Gasteiger partial charge in [-0.3, -0.25) is 4.79 Å². The van der Waals surface area contributed by atoms with Gasteiger partial charge in [-0.05, 0) is 23.6 Å². The summed E-state index contributed by atoms with van der Waals surface area (Å²) < 4.78 is 0. The SMILES string of the molecule is Cc1cccc([C@@H](CC(=O)NCc2ccccc2)c2ccccc2)c1O. The van der Waals surface area contributed by atoms with E-state index in [1.54, 1.807) is 0 Å². The molecule has 0 aliphatic carbocycles. The zero-order valence-electron chi connectivity index (χ0n) is 14.9. The summed E-state index contributed by atoms with van der Waals surface area (Å²) in [4.78, 5) is 12.6. The molecule has 0 saturated carbocycles. The Morgan fingerprint density at radius 3 is 2.27 bits per heavy atom. The van der Waals surface area contributed by atoms with Gasteiger partial charge in [-0.15, -0.1) is 0 Å². The summed E-state index contributed by atoms with van der Waals surface area (Å²) in [7, 11) is 0. The molecule has 0 heterocycles. The minimum absolute atomic E-state index is 0.0383. The number of phenols is 1. The number of carbonyl (C=O) groups is 1. The molecule has 132 valence electrons. The summed E-state index contributed by atoms with van der Waals surface area (Å²) in [5.41, 5.74) is 3.68. The Morgan fingerprint density at radius 1 is 0.923 bits per heavy atom. The van der Waals surface area contributed by atoms with Crippen LogP contribution in [0.1, 0.15) is 34.6 Å². The molecule has 3 rings (SSSR count). The zero-order chi connectivity index (χ0) is 18.4. The lowest BCUT2D eigenvalue weighted by atomic mass is 9.86. The Balaban J connectivity index is 1.80. The van der Waals surface area contributed by atoms with Crippen LogP contribution in [0, 0.1) is 6.92 Å². The Hall–Kier alpha value is -3.07. The Bertz CT molecular complexity index is 860. The van der Waals surface area contributed by atoms with Crippen molar-refractivity contribution in [3.8, 4) is 5.75 Å². The molecule has 0 radical (unpaired) electrons. The molecule has 2 N–H and O–H groups in total. The molecule has 3 aromatic carbocycles. The maximum atomic E-state index is 12.6. The third-order valence-electron chi connectivity index (χ3n) is 4.57. The van der Waals surface area contributed by atoms with E-state index in [1.165, 1.54) is 0 Å². The molecule has 0 unspecified atom stereocenters. The van der Waals surface area contributed by atoms with E-state index >= 15 is 0 Å². The first-order valence-corrected chi connectivity index (χ1v) is 8.79. The first kappa shape index (κ1) is 17.7. The van der Waals surface area contributed by atoms with Crippen LogP contribution in [0.4, 0.5) is 0 Å². The van der Waals surface area contributed by atoms with Gasteiger partial charge < -0.3 is 10.4 Å². The lowest BCUT2D eigenvalue weighted by molar-refractivity contribution is -0.121. The predicted molar refractivity (Wildman–Crippen MR) is 104 cm³/mol. The minimum Gasteiger partial charge on any atom is -0.507 e. The molecule has 3 nitrogen and oxygen atoms in total. The van der Waals surface area contributed by atoms with Gasteiger partial charge >= 0.3 is 0 Å². The van der Waals surface area contributed by atoms with E-state index in [1.807, 2.05) is 85.8 Å². The quantitative estimate of drug-likeness (QED) is 0.689. The number of carbonyl (C=O) groups excluding carboxylic acids is 1. The molecule has 3 heteroatoms. The van der Waals surface area contributed by atoms with Crippen LogP contribution in [0.5, 0.6) is 5.75 Å². The van der Waals surface area contributed by atoms with E-state index in [4.69, 9.17) is 0 Å². The highest BCUT2D eigenvalue weighted by Crippen LogP contribution is 2.35.